The van der Waals surface area contributed by atoms with E-state index in [-0.39, 0.29) is 18.4 Å². The number of amides is 2. The fraction of sp³-hybridized carbons (Fsp3) is 0.241. The third-order valence-electron chi connectivity index (χ3n) is 6.75. The molecule has 2 aliphatic rings. The van der Waals surface area contributed by atoms with Crippen molar-refractivity contribution in [3.8, 4) is 0 Å². The van der Waals surface area contributed by atoms with E-state index in [1.807, 2.05) is 74.5 Å². The van der Waals surface area contributed by atoms with Gasteiger partial charge in [-0.1, -0.05) is 48.5 Å². The van der Waals surface area contributed by atoms with Crippen LogP contribution in [0, 0.1) is 13.8 Å². The number of rotatable bonds is 6. The van der Waals surface area contributed by atoms with E-state index >= 15 is 0 Å². The van der Waals surface area contributed by atoms with E-state index in [2.05, 4.69) is 22.3 Å². The maximum atomic E-state index is 13.5. The lowest BCUT2D eigenvalue weighted by molar-refractivity contribution is -0.137. The van der Waals surface area contributed by atoms with Crippen molar-refractivity contribution in [1.82, 2.24) is 4.90 Å². The van der Waals surface area contributed by atoms with Crippen LogP contribution in [-0.2, 0) is 16.1 Å². The summed E-state index contributed by atoms with van der Waals surface area (Å²) in [4.78, 5) is 30.8. The summed E-state index contributed by atoms with van der Waals surface area (Å²) in [6, 6.07) is 23.6. The minimum Gasteiger partial charge on any atom is -0.372 e. The topological polar surface area (TPSA) is 52.7 Å². The van der Waals surface area contributed by atoms with Crippen LogP contribution in [0.25, 0.3) is 5.57 Å². The molecule has 34 heavy (non-hydrogen) atoms. The van der Waals surface area contributed by atoms with Crippen molar-refractivity contribution in [2.45, 2.75) is 33.2 Å². The first-order valence-corrected chi connectivity index (χ1v) is 11.9. The highest BCUT2D eigenvalue weighted by Gasteiger charge is 2.39. The van der Waals surface area contributed by atoms with Gasteiger partial charge in [-0.25, -0.2) is 0 Å². The van der Waals surface area contributed by atoms with E-state index in [4.69, 9.17) is 0 Å². The first-order chi connectivity index (χ1) is 16.5. The van der Waals surface area contributed by atoms with Crippen molar-refractivity contribution in [3.05, 3.63) is 101 Å². The Balaban J connectivity index is 1.49. The number of imide groups is 1. The molecule has 1 N–H and O–H groups in total. The highest BCUT2D eigenvalue weighted by molar-refractivity contribution is 6.36. The third-order valence-corrected chi connectivity index (χ3v) is 6.75. The molecule has 0 unspecified atom stereocenters. The molecule has 0 aromatic heterocycles. The highest BCUT2D eigenvalue weighted by Crippen LogP contribution is 2.33. The lowest BCUT2D eigenvalue weighted by atomic mass is 9.99. The maximum Gasteiger partial charge on any atom is 0.278 e. The molecule has 5 rings (SSSR count). The van der Waals surface area contributed by atoms with Gasteiger partial charge in [0, 0.05) is 24.5 Å². The summed E-state index contributed by atoms with van der Waals surface area (Å²) in [5.41, 5.74) is 6.64. The van der Waals surface area contributed by atoms with E-state index in [9.17, 15) is 9.59 Å². The summed E-state index contributed by atoms with van der Waals surface area (Å²) in [6.45, 7) is 6.46. The van der Waals surface area contributed by atoms with E-state index in [0.29, 0.717) is 11.3 Å². The lowest BCUT2D eigenvalue weighted by Crippen LogP contribution is -2.32. The van der Waals surface area contributed by atoms with Crippen LogP contribution < -0.4 is 10.2 Å². The molecule has 2 amide bonds. The number of nitrogens with one attached hydrogen (secondary N) is 1. The van der Waals surface area contributed by atoms with Gasteiger partial charge in [-0.3, -0.25) is 14.5 Å². The Morgan fingerprint density at radius 3 is 2.18 bits per heavy atom. The number of carbonyl (C=O) groups excluding carboxylic acids is 2. The molecule has 0 spiro atoms. The van der Waals surface area contributed by atoms with Crippen molar-refractivity contribution in [3.63, 3.8) is 0 Å². The summed E-state index contributed by atoms with van der Waals surface area (Å²) < 4.78 is 0. The van der Waals surface area contributed by atoms with Crippen LogP contribution in [0.5, 0.6) is 0 Å². The second-order valence-corrected chi connectivity index (χ2v) is 9.10. The van der Waals surface area contributed by atoms with Crippen molar-refractivity contribution in [1.29, 1.82) is 0 Å². The molecular weight excluding hydrogens is 422 g/mol. The number of benzene rings is 3. The molecule has 0 aliphatic carbocycles. The van der Waals surface area contributed by atoms with Crippen molar-refractivity contribution < 1.29 is 9.59 Å². The largest absolute Gasteiger partial charge is 0.372 e. The molecule has 1 fully saturated rings. The second kappa shape index (κ2) is 9.18. The van der Waals surface area contributed by atoms with Gasteiger partial charge in [0.25, 0.3) is 11.8 Å². The molecule has 0 saturated carbocycles. The van der Waals surface area contributed by atoms with Gasteiger partial charge in [-0.05, 0) is 73.2 Å². The Kier molecular flexibility index (Phi) is 5.93. The molecule has 0 atom stereocenters. The Bertz CT molecular complexity index is 1260. The van der Waals surface area contributed by atoms with E-state index in [0.717, 1.165) is 41.0 Å². The number of anilines is 2. The summed E-state index contributed by atoms with van der Waals surface area (Å²) in [5, 5.41) is 3.29. The predicted molar refractivity (Wildman–Crippen MR) is 136 cm³/mol. The number of nitrogens with zero attached hydrogens (tertiary/aromatic N) is 2. The average Bonchev–Trinajstić information content (AvgIpc) is 3.46. The Hall–Kier alpha value is -3.86. The smallest absolute Gasteiger partial charge is 0.278 e. The molecule has 3 aromatic rings. The van der Waals surface area contributed by atoms with Gasteiger partial charge in [0.2, 0.25) is 0 Å². The number of hydrogen-bond donors (Lipinski definition) is 1. The van der Waals surface area contributed by atoms with Crippen LogP contribution in [0.1, 0.15) is 35.1 Å². The first kappa shape index (κ1) is 22.0. The molecular formula is C29H29N3O2. The molecule has 5 nitrogen and oxygen atoms in total. The second-order valence-electron chi connectivity index (χ2n) is 9.10. The molecule has 3 aromatic carbocycles. The standard InChI is InChI=1S/C29H29N3O2/c1-20-10-11-23(18-21(20)2)26-27(29(34)32(28(26)33)19-22-8-4-3-5-9-22)30-24-12-14-25(15-13-24)31-16-6-7-17-31/h3-5,8-15,18,30H,6-7,16-17,19H2,1-2H3. The SMILES string of the molecule is Cc1ccc(C2=C(Nc3ccc(N4CCCC4)cc3)C(=O)N(Cc3ccccc3)C2=O)cc1C. The van der Waals surface area contributed by atoms with Crippen LogP contribution in [0.2, 0.25) is 0 Å². The van der Waals surface area contributed by atoms with E-state index in [1.54, 1.807) is 0 Å². The first-order valence-electron chi connectivity index (χ1n) is 11.9. The highest BCUT2D eigenvalue weighted by atomic mass is 16.2. The van der Waals surface area contributed by atoms with Crippen LogP contribution in [0.3, 0.4) is 0 Å². The molecule has 2 aliphatic heterocycles. The van der Waals surface area contributed by atoms with Gasteiger partial charge < -0.3 is 10.2 Å². The van der Waals surface area contributed by atoms with Crippen molar-refractivity contribution >= 4 is 28.8 Å². The zero-order chi connectivity index (χ0) is 23.7. The molecule has 0 radical (unpaired) electrons. The Morgan fingerprint density at radius 1 is 0.794 bits per heavy atom. The maximum absolute atomic E-state index is 13.5. The molecule has 1 saturated heterocycles. The van der Waals surface area contributed by atoms with Crippen molar-refractivity contribution in [2.24, 2.45) is 0 Å². The summed E-state index contributed by atoms with van der Waals surface area (Å²) >= 11 is 0. The Morgan fingerprint density at radius 2 is 1.50 bits per heavy atom. The number of aryl methyl sites for hydroxylation is 2. The monoisotopic (exact) mass is 451 g/mol. The van der Waals surface area contributed by atoms with Crippen LogP contribution in [0.15, 0.2) is 78.5 Å². The van der Waals surface area contributed by atoms with Crippen molar-refractivity contribution in [2.75, 3.05) is 23.3 Å². The van der Waals surface area contributed by atoms with Gasteiger partial charge in [0.15, 0.2) is 0 Å². The van der Waals surface area contributed by atoms with E-state index < -0.39 is 0 Å². The predicted octanol–water partition coefficient (Wildman–Crippen LogP) is 5.30. The minimum absolute atomic E-state index is 0.242. The fourth-order valence-electron chi connectivity index (χ4n) is 4.64. The van der Waals surface area contributed by atoms with Gasteiger partial charge in [0.1, 0.15) is 5.70 Å². The summed E-state index contributed by atoms with van der Waals surface area (Å²) in [6.07, 6.45) is 2.44. The summed E-state index contributed by atoms with van der Waals surface area (Å²) in [7, 11) is 0. The molecule has 5 heteroatoms. The van der Waals surface area contributed by atoms with Gasteiger partial charge in [0.05, 0.1) is 12.1 Å². The van der Waals surface area contributed by atoms with E-state index in [1.165, 1.54) is 23.4 Å². The number of carbonyl (C=O) groups is 2. The average molecular weight is 452 g/mol. The van der Waals surface area contributed by atoms with Crippen LogP contribution >= 0.6 is 0 Å². The molecule has 0 bridgehead atoms. The van der Waals surface area contributed by atoms with Crippen LogP contribution in [0.4, 0.5) is 11.4 Å². The van der Waals surface area contributed by atoms with Gasteiger partial charge in [-0.15, -0.1) is 0 Å². The summed E-state index contributed by atoms with van der Waals surface area (Å²) in [5.74, 6) is -0.570. The van der Waals surface area contributed by atoms with Gasteiger partial charge >= 0.3 is 0 Å². The Labute approximate surface area is 200 Å². The lowest BCUT2D eigenvalue weighted by Gasteiger charge is -2.18. The number of hydrogen-bond acceptors (Lipinski definition) is 4. The zero-order valence-electron chi connectivity index (χ0n) is 19.7. The molecule has 2 heterocycles. The van der Waals surface area contributed by atoms with Gasteiger partial charge in [-0.2, -0.15) is 0 Å². The quantitative estimate of drug-likeness (QED) is 0.517. The van der Waals surface area contributed by atoms with Crippen LogP contribution in [-0.4, -0.2) is 29.8 Å². The minimum atomic E-state index is -0.300. The molecule has 172 valence electrons. The normalized spacial score (nSPS) is 16.1. The fourth-order valence-corrected chi connectivity index (χ4v) is 4.64. The zero-order valence-corrected chi connectivity index (χ0v) is 19.7. The third kappa shape index (κ3) is 4.21.